The van der Waals surface area contributed by atoms with Crippen LogP contribution in [0.4, 0.5) is 23.4 Å². The summed E-state index contributed by atoms with van der Waals surface area (Å²) in [5, 5.41) is 0. The standard InChI is InChI=1S/C22H26F4N2O2/c1-14-8-18(28-21(27)9-14)10-15-4-2-5-20(15)30-7-3-6-29-19-12-16(22(24,25)26)11-17(23)13-19/h8-9,11-13,15,20H,2-7,10H2,1H3,(H2,27,28)/t15-,20-/m0/s1. The predicted molar refractivity (Wildman–Crippen MR) is 106 cm³/mol. The lowest BCUT2D eigenvalue weighted by Gasteiger charge is -2.20. The summed E-state index contributed by atoms with van der Waals surface area (Å²) < 4.78 is 62.9. The minimum atomic E-state index is -4.61. The molecule has 1 fully saturated rings. The van der Waals surface area contributed by atoms with Crippen molar-refractivity contribution in [2.24, 2.45) is 5.92 Å². The van der Waals surface area contributed by atoms with Gasteiger partial charge in [0.15, 0.2) is 0 Å². The van der Waals surface area contributed by atoms with Crippen LogP contribution in [0.5, 0.6) is 5.75 Å². The van der Waals surface area contributed by atoms with Crippen molar-refractivity contribution in [3.63, 3.8) is 0 Å². The van der Waals surface area contributed by atoms with E-state index in [0.29, 0.717) is 30.8 Å². The van der Waals surface area contributed by atoms with Crippen LogP contribution in [0.15, 0.2) is 30.3 Å². The van der Waals surface area contributed by atoms with Gasteiger partial charge in [0.05, 0.1) is 24.9 Å². The summed E-state index contributed by atoms with van der Waals surface area (Å²) >= 11 is 0. The van der Waals surface area contributed by atoms with Crippen molar-refractivity contribution in [1.82, 2.24) is 4.98 Å². The Balaban J connectivity index is 1.44. The highest BCUT2D eigenvalue weighted by molar-refractivity contribution is 5.34. The molecule has 0 bridgehead atoms. The normalized spacial score (nSPS) is 19.2. The van der Waals surface area contributed by atoms with Gasteiger partial charge in [-0.15, -0.1) is 0 Å². The number of aryl methyl sites for hydroxylation is 1. The second-order valence-electron chi connectivity index (χ2n) is 7.74. The van der Waals surface area contributed by atoms with Gasteiger partial charge in [-0.1, -0.05) is 6.42 Å². The molecule has 0 spiro atoms. The summed E-state index contributed by atoms with van der Waals surface area (Å²) in [6.45, 7) is 2.56. The van der Waals surface area contributed by atoms with E-state index < -0.39 is 17.6 Å². The van der Waals surface area contributed by atoms with E-state index in [1.165, 1.54) is 0 Å². The number of rotatable bonds is 8. The predicted octanol–water partition coefficient (Wildman–Crippen LogP) is 5.33. The molecule has 8 heteroatoms. The molecule has 1 saturated carbocycles. The first-order chi connectivity index (χ1) is 14.2. The average Bonchev–Trinajstić information content (AvgIpc) is 3.06. The summed E-state index contributed by atoms with van der Waals surface area (Å²) in [5.74, 6) is -0.236. The lowest BCUT2D eigenvalue weighted by Crippen LogP contribution is -2.22. The number of ether oxygens (including phenoxy) is 2. The van der Waals surface area contributed by atoms with Crippen LogP contribution in [0.2, 0.25) is 0 Å². The number of hydrogen-bond acceptors (Lipinski definition) is 4. The Bertz CT molecular complexity index is 837. The van der Waals surface area contributed by atoms with Gasteiger partial charge in [-0.2, -0.15) is 13.2 Å². The highest BCUT2D eigenvalue weighted by Gasteiger charge is 2.32. The SMILES string of the molecule is Cc1cc(N)nc(C[C@@H]2CCC[C@@H]2OCCCOc2cc(F)cc(C(F)(F)F)c2)c1. The van der Waals surface area contributed by atoms with Crippen LogP contribution in [0.25, 0.3) is 0 Å². The van der Waals surface area contributed by atoms with Crippen molar-refractivity contribution in [2.45, 2.75) is 51.3 Å². The summed E-state index contributed by atoms with van der Waals surface area (Å²) in [6.07, 6.45) is -0.104. The quantitative estimate of drug-likeness (QED) is 0.458. The zero-order valence-corrected chi connectivity index (χ0v) is 16.8. The Hall–Kier alpha value is -2.35. The third-order valence-electron chi connectivity index (χ3n) is 5.19. The molecule has 0 unspecified atom stereocenters. The Morgan fingerprint density at radius 2 is 1.90 bits per heavy atom. The molecule has 1 aromatic carbocycles. The first kappa shape index (κ1) is 22.3. The number of anilines is 1. The Labute approximate surface area is 173 Å². The summed E-state index contributed by atoms with van der Waals surface area (Å²) in [4.78, 5) is 4.40. The van der Waals surface area contributed by atoms with E-state index in [-0.39, 0.29) is 18.5 Å². The molecule has 1 aromatic heterocycles. The first-order valence-corrected chi connectivity index (χ1v) is 10.1. The molecule has 2 atom stereocenters. The fourth-order valence-electron chi connectivity index (χ4n) is 3.89. The van der Waals surface area contributed by atoms with Gasteiger partial charge in [0, 0.05) is 18.2 Å². The molecule has 1 aliphatic carbocycles. The van der Waals surface area contributed by atoms with E-state index in [4.69, 9.17) is 15.2 Å². The smallest absolute Gasteiger partial charge is 0.416 e. The number of nitrogen functional groups attached to an aromatic ring is 1. The molecule has 0 aliphatic heterocycles. The number of nitrogens with zero attached hydrogens (tertiary/aromatic N) is 1. The summed E-state index contributed by atoms with van der Waals surface area (Å²) in [6, 6.07) is 6.07. The van der Waals surface area contributed by atoms with Gasteiger partial charge in [0.1, 0.15) is 17.4 Å². The van der Waals surface area contributed by atoms with Crippen molar-refractivity contribution in [2.75, 3.05) is 18.9 Å². The van der Waals surface area contributed by atoms with Crippen LogP contribution in [-0.4, -0.2) is 24.3 Å². The van der Waals surface area contributed by atoms with E-state index in [1.54, 1.807) is 0 Å². The summed E-state index contributed by atoms with van der Waals surface area (Å²) in [7, 11) is 0. The van der Waals surface area contributed by atoms with E-state index in [2.05, 4.69) is 4.98 Å². The van der Waals surface area contributed by atoms with Crippen molar-refractivity contribution in [3.05, 3.63) is 53.0 Å². The lowest BCUT2D eigenvalue weighted by atomic mass is 9.98. The molecule has 0 saturated heterocycles. The minimum Gasteiger partial charge on any atom is -0.493 e. The van der Waals surface area contributed by atoms with Crippen molar-refractivity contribution in [1.29, 1.82) is 0 Å². The zero-order chi connectivity index (χ0) is 21.7. The zero-order valence-electron chi connectivity index (χ0n) is 16.8. The van der Waals surface area contributed by atoms with Crippen molar-refractivity contribution in [3.8, 4) is 5.75 Å². The number of alkyl halides is 3. The molecule has 2 aromatic rings. The van der Waals surface area contributed by atoms with E-state index >= 15 is 0 Å². The maximum absolute atomic E-state index is 13.4. The van der Waals surface area contributed by atoms with Crippen LogP contribution < -0.4 is 10.5 Å². The first-order valence-electron chi connectivity index (χ1n) is 10.1. The van der Waals surface area contributed by atoms with Gasteiger partial charge in [0.25, 0.3) is 0 Å². The molecule has 0 amide bonds. The molecule has 1 heterocycles. The molecular weight excluding hydrogens is 400 g/mol. The molecule has 30 heavy (non-hydrogen) atoms. The Morgan fingerprint density at radius 1 is 1.10 bits per heavy atom. The van der Waals surface area contributed by atoms with E-state index in [9.17, 15) is 17.6 Å². The van der Waals surface area contributed by atoms with Gasteiger partial charge < -0.3 is 15.2 Å². The van der Waals surface area contributed by atoms with Crippen LogP contribution in [0.3, 0.4) is 0 Å². The number of pyridine rings is 1. The van der Waals surface area contributed by atoms with Crippen molar-refractivity contribution < 1.29 is 27.0 Å². The fraction of sp³-hybridized carbons (Fsp3) is 0.500. The maximum Gasteiger partial charge on any atom is 0.416 e. The van der Waals surface area contributed by atoms with E-state index in [0.717, 1.165) is 49.1 Å². The molecule has 3 rings (SSSR count). The van der Waals surface area contributed by atoms with Gasteiger partial charge in [-0.25, -0.2) is 9.37 Å². The maximum atomic E-state index is 13.4. The third-order valence-corrected chi connectivity index (χ3v) is 5.19. The highest BCUT2D eigenvalue weighted by Crippen LogP contribution is 2.33. The van der Waals surface area contributed by atoms with Crippen LogP contribution in [-0.2, 0) is 17.3 Å². The van der Waals surface area contributed by atoms with Gasteiger partial charge in [-0.05, 0) is 61.9 Å². The van der Waals surface area contributed by atoms with Crippen LogP contribution >= 0.6 is 0 Å². The second kappa shape index (κ2) is 9.64. The number of hydrogen-bond donors (Lipinski definition) is 1. The molecule has 4 nitrogen and oxygen atoms in total. The number of aromatic nitrogens is 1. The van der Waals surface area contributed by atoms with Crippen LogP contribution in [0.1, 0.15) is 42.5 Å². The van der Waals surface area contributed by atoms with Crippen molar-refractivity contribution >= 4 is 5.82 Å². The fourth-order valence-corrected chi connectivity index (χ4v) is 3.89. The minimum absolute atomic E-state index is 0.111. The Morgan fingerprint density at radius 3 is 2.63 bits per heavy atom. The largest absolute Gasteiger partial charge is 0.493 e. The molecular formula is C22H26F4N2O2. The van der Waals surface area contributed by atoms with Crippen LogP contribution in [0, 0.1) is 18.7 Å². The second-order valence-corrected chi connectivity index (χ2v) is 7.74. The van der Waals surface area contributed by atoms with Gasteiger partial charge in [-0.3, -0.25) is 0 Å². The topological polar surface area (TPSA) is 57.4 Å². The van der Waals surface area contributed by atoms with Gasteiger partial charge >= 0.3 is 6.18 Å². The molecule has 0 radical (unpaired) electrons. The number of nitrogens with two attached hydrogens (primary N) is 1. The van der Waals surface area contributed by atoms with E-state index in [1.807, 2.05) is 19.1 Å². The molecule has 1 aliphatic rings. The molecule has 164 valence electrons. The molecule has 2 N–H and O–H groups in total. The highest BCUT2D eigenvalue weighted by atomic mass is 19.4. The van der Waals surface area contributed by atoms with Gasteiger partial charge in [0.2, 0.25) is 0 Å². The monoisotopic (exact) mass is 426 g/mol. The Kier molecular flexibility index (Phi) is 7.18. The number of benzene rings is 1. The lowest BCUT2D eigenvalue weighted by molar-refractivity contribution is -0.137. The summed E-state index contributed by atoms with van der Waals surface area (Å²) in [5.41, 5.74) is 6.81. The average molecular weight is 426 g/mol. The number of halogens is 4. The third kappa shape index (κ3) is 6.32.